The van der Waals surface area contributed by atoms with Crippen molar-refractivity contribution in [1.82, 2.24) is 15.0 Å². The van der Waals surface area contributed by atoms with E-state index in [4.69, 9.17) is 10.7 Å². The number of primary amides is 1. The van der Waals surface area contributed by atoms with Gasteiger partial charge in [-0.1, -0.05) is 30.3 Å². The van der Waals surface area contributed by atoms with E-state index in [0.717, 1.165) is 55.6 Å². The van der Waals surface area contributed by atoms with E-state index >= 15 is 0 Å². The Morgan fingerprint density at radius 3 is 2.57 bits per heavy atom. The van der Waals surface area contributed by atoms with Gasteiger partial charge < -0.3 is 15.6 Å². The van der Waals surface area contributed by atoms with E-state index in [9.17, 15) is 9.59 Å². The maximum absolute atomic E-state index is 12.8. The normalized spacial score (nSPS) is 17.1. The number of hydrogen-bond acceptors (Lipinski definition) is 5. The lowest BCUT2D eigenvalue weighted by molar-refractivity contribution is 0.100. The maximum atomic E-state index is 12.8. The summed E-state index contributed by atoms with van der Waals surface area (Å²) in [6.45, 7) is 1.48. The van der Waals surface area contributed by atoms with Crippen LogP contribution in [0.3, 0.4) is 0 Å². The fourth-order valence-corrected chi connectivity index (χ4v) is 4.86. The van der Waals surface area contributed by atoms with Gasteiger partial charge in [0.1, 0.15) is 11.6 Å². The quantitative estimate of drug-likeness (QED) is 0.701. The van der Waals surface area contributed by atoms with Crippen molar-refractivity contribution in [3.8, 4) is 11.4 Å². The van der Waals surface area contributed by atoms with Crippen molar-refractivity contribution in [2.75, 3.05) is 18.0 Å². The number of rotatable bonds is 3. The summed E-state index contributed by atoms with van der Waals surface area (Å²) >= 11 is 0. The average Bonchev–Trinajstić information content (AvgIpc) is 3.13. The number of aromatic amines is 1. The van der Waals surface area contributed by atoms with Crippen LogP contribution in [0.15, 0.2) is 53.5 Å². The smallest absolute Gasteiger partial charge is 0.254 e. The first-order valence-corrected chi connectivity index (χ1v) is 10.3. The van der Waals surface area contributed by atoms with E-state index in [0.29, 0.717) is 17.2 Å². The number of carbonyl (C=O) groups excluding carboxylic acids is 1. The number of amides is 1. The van der Waals surface area contributed by atoms with Gasteiger partial charge >= 0.3 is 0 Å². The lowest BCUT2D eigenvalue weighted by Gasteiger charge is -2.40. The summed E-state index contributed by atoms with van der Waals surface area (Å²) in [5.41, 5.74) is 8.52. The van der Waals surface area contributed by atoms with Gasteiger partial charge in [-0.05, 0) is 37.8 Å². The largest absolute Gasteiger partial charge is 0.365 e. The van der Waals surface area contributed by atoms with Crippen molar-refractivity contribution in [3.05, 3.63) is 75.8 Å². The van der Waals surface area contributed by atoms with Gasteiger partial charge in [-0.15, -0.1) is 0 Å². The molecule has 1 saturated heterocycles. The monoisotopic (exact) mass is 401 g/mol. The Kier molecular flexibility index (Phi) is 4.38. The Balaban J connectivity index is 1.46. The van der Waals surface area contributed by atoms with Gasteiger partial charge in [0.15, 0.2) is 0 Å². The molecule has 0 saturated carbocycles. The summed E-state index contributed by atoms with van der Waals surface area (Å²) in [6, 6.07) is 13.2. The van der Waals surface area contributed by atoms with Crippen LogP contribution in [0.1, 0.15) is 40.9 Å². The van der Waals surface area contributed by atoms with Gasteiger partial charge in [0, 0.05) is 35.8 Å². The van der Waals surface area contributed by atoms with Gasteiger partial charge in [0.25, 0.3) is 11.5 Å². The molecule has 0 radical (unpaired) electrons. The van der Waals surface area contributed by atoms with Gasteiger partial charge in [-0.2, -0.15) is 0 Å². The molecule has 30 heavy (non-hydrogen) atoms. The molecule has 7 heteroatoms. The second-order valence-electron chi connectivity index (χ2n) is 8.11. The van der Waals surface area contributed by atoms with Gasteiger partial charge in [-0.25, -0.2) is 9.97 Å². The summed E-state index contributed by atoms with van der Waals surface area (Å²) in [5, 5.41) is 0. The molecule has 0 atom stereocenters. The predicted octanol–water partition coefficient (Wildman–Crippen LogP) is 2.42. The molecular weight excluding hydrogens is 378 g/mol. The standard InChI is InChI=1S/C23H23N5O2/c24-19(29)17-7-4-12-25-21(17)28-13-10-23(11-14-28)9-8-16-18(23)26-20(27-22(16)30)15-5-2-1-3-6-15/h1-7,12H,8-11,13-14H2,(H2,24,29)(H,26,27,30). The Morgan fingerprint density at radius 1 is 1.07 bits per heavy atom. The van der Waals surface area contributed by atoms with Crippen molar-refractivity contribution in [2.24, 2.45) is 5.73 Å². The van der Waals surface area contributed by atoms with E-state index in [2.05, 4.69) is 14.9 Å². The lowest BCUT2D eigenvalue weighted by atomic mass is 9.76. The van der Waals surface area contributed by atoms with Crippen molar-refractivity contribution >= 4 is 11.7 Å². The molecular formula is C23H23N5O2. The third-order valence-electron chi connectivity index (χ3n) is 6.49. The topological polar surface area (TPSA) is 105 Å². The van der Waals surface area contributed by atoms with E-state index in [-0.39, 0.29) is 11.0 Å². The molecule has 5 rings (SSSR count). The number of H-pyrrole nitrogens is 1. The van der Waals surface area contributed by atoms with Crippen LogP contribution in [-0.2, 0) is 11.8 Å². The highest BCUT2D eigenvalue weighted by Gasteiger charge is 2.44. The van der Waals surface area contributed by atoms with E-state index < -0.39 is 5.91 Å². The molecule has 2 aliphatic rings. The minimum atomic E-state index is -0.467. The van der Waals surface area contributed by atoms with Gasteiger partial charge in [0.05, 0.1) is 11.3 Å². The molecule has 1 aliphatic carbocycles. The second-order valence-corrected chi connectivity index (χ2v) is 8.11. The highest BCUT2D eigenvalue weighted by molar-refractivity contribution is 5.97. The number of carbonyl (C=O) groups is 1. The summed E-state index contributed by atoms with van der Waals surface area (Å²) < 4.78 is 0. The molecule has 2 aromatic heterocycles. The minimum Gasteiger partial charge on any atom is -0.365 e. The average molecular weight is 401 g/mol. The van der Waals surface area contributed by atoms with Gasteiger partial charge in [-0.3, -0.25) is 9.59 Å². The number of aromatic nitrogens is 3. The molecule has 152 valence electrons. The highest BCUT2D eigenvalue weighted by atomic mass is 16.1. The molecule has 0 unspecified atom stereocenters. The summed E-state index contributed by atoms with van der Waals surface area (Å²) in [5.74, 6) is 0.802. The SMILES string of the molecule is NC(=O)c1cccnc1N1CCC2(CCc3c2nc(-c2ccccc2)[nH]c3=O)CC1. The summed E-state index contributed by atoms with van der Waals surface area (Å²) in [6.07, 6.45) is 5.08. The zero-order valence-electron chi connectivity index (χ0n) is 16.6. The van der Waals surface area contributed by atoms with Crippen LogP contribution in [0.25, 0.3) is 11.4 Å². The van der Waals surface area contributed by atoms with Crippen molar-refractivity contribution in [2.45, 2.75) is 31.1 Å². The zero-order chi connectivity index (χ0) is 20.7. The van der Waals surface area contributed by atoms with Crippen LogP contribution >= 0.6 is 0 Å². The Labute approximate surface area is 174 Å². The van der Waals surface area contributed by atoms with Crippen LogP contribution in [0.5, 0.6) is 0 Å². The summed E-state index contributed by atoms with van der Waals surface area (Å²) in [7, 11) is 0. The van der Waals surface area contributed by atoms with Crippen molar-refractivity contribution in [1.29, 1.82) is 0 Å². The molecule has 3 heterocycles. The fourth-order valence-electron chi connectivity index (χ4n) is 4.86. The Hall–Kier alpha value is -3.48. The molecule has 7 nitrogen and oxygen atoms in total. The van der Waals surface area contributed by atoms with E-state index in [1.807, 2.05) is 30.3 Å². The van der Waals surface area contributed by atoms with Crippen LogP contribution < -0.4 is 16.2 Å². The number of fused-ring (bicyclic) bond motifs is 2. The Bertz CT molecular complexity index is 1160. The summed E-state index contributed by atoms with van der Waals surface area (Å²) in [4.78, 5) is 39.0. The number of pyridine rings is 1. The molecule has 1 fully saturated rings. The minimum absolute atomic E-state index is 0.0288. The van der Waals surface area contributed by atoms with Crippen LogP contribution in [0.2, 0.25) is 0 Å². The fraction of sp³-hybridized carbons (Fsp3) is 0.304. The van der Waals surface area contributed by atoms with Crippen LogP contribution in [0, 0.1) is 0 Å². The molecule has 3 aromatic rings. The molecule has 1 spiro atoms. The van der Waals surface area contributed by atoms with Gasteiger partial charge in [0.2, 0.25) is 0 Å². The first kappa shape index (κ1) is 18.5. The molecule has 3 N–H and O–H groups in total. The number of nitrogens with zero attached hydrogens (tertiary/aromatic N) is 3. The number of hydrogen-bond donors (Lipinski definition) is 2. The molecule has 1 amide bonds. The molecule has 0 bridgehead atoms. The van der Waals surface area contributed by atoms with E-state index in [1.54, 1.807) is 18.3 Å². The Morgan fingerprint density at radius 2 is 1.83 bits per heavy atom. The van der Waals surface area contributed by atoms with E-state index in [1.165, 1.54) is 0 Å². The highest BCUT2D eigenvalue weighted by Crippen LogP contribution is 2.45. The first-order valence-electron chi connectivity index (χ1n) is 10.3. The lowest BCUT2D eigenvalue weighted by Crippen LogP contribution is -2.43. The zero-order valence-corrected chi connectivity index (χ0v) is 16.6. The third kappa shape index (κ3) is 2.98. The number of piperidine rings is 1. The first-order chi connectivity index (χ1) is 14.6. The number of anilines is 1. The predicted molar refractivity (Wildman–Crippen MR) is 114 cm³/mol. The molecule has 1 aliphatic heterocycles. The van der Waals surface area contributed by atoms with Crippen molar-refractivity contribution in [3.63, 3.8) is 0 Å². The van der Waals surface area contributed by atoms with Crippen LogP contribution in [-0.4, -0.2) is 33.9 Å². The molecule has 1 aromatic carbocycles. The number of benzene rings is 1. The maximum Gasteiger partial charge on any atom is 0.254 e. The van der Waals surface area contributed by atoms with Crippen LogP contribution in [0.4, 0.5) is 5.82 Å². The van der Waals surface area contributed by atoms with Crippen molar-refractivity contribution < 1.29 is 4.79 Å². The number of nitrogens with one attached hydrogen (secondary N) is 1. The number of nitrogens with two attached hydrogens (primary N) is 1. The third-order valence-corrected chi connectivity index (χ3v) is 6.49. The second kappa shape index (κ2) is 7.09.